The van der Waals surface area contributed by atoms with Crippen LogP contribution in [0.5, 0.6) is 0 Å². The molecule has 0 aromatic carbocycles. The van der Waals surface area contributed by atoms with Crippen molar-refractivity contribution in [1.82, 2.24) is 9.80 Å². The fourth-order valence-electron chi connectivity index (χ4n) is 1.75. The zero-order valence-electron chi connectivity index (χ0n) is 10.1. The Morgan fingerprint density at radius 3 is 2.73 bits per heavy atom. The zero-order chi connectivity index (χ0) is 11.4. The van der Waals surface area contributed by atoms with Gasteiger partial charge in [0.05, 0.1) is 6.04 Å². The summed E-state index contributed by atoms with van der Waals surface area (Å²) in [5.41, 5.74) is 5.65. The number of nitrogens with two attached hydrogens (primary N) is 1. The predicted octanol–water partition coefficient (Wildman–Crippen LogP) is 0.276. The van der Waals surface area contributed by atoms with Crippen molar-refractivity contribution in [2.75, 3.05) is 26.7 Å². The molecule has 1 aliphatic heterocycles. The normalized spacial score (nSPS) is 22.1. The number of likely N-dealkylation sites (tertiary alicyclic amines) is 1. The van der Waals surface area contributed by atoms with E-state index in [2.05, 4.69) is 25.8 Å². The van der Waals surface area contributed by atoms with Crippen LogP contribution >= 0.6 is 0 Å². The smallest absolute Gasteiger partial charge is 0.239 e. The average Bonchev–Trinajstić information content (AvgIpc) is 2.49. The first-order valence-corrected chi connectivity index (χ1v) is 5.77. The highest BCUT2D eigenvalue weighted by Crippen LogP contribution is 2.09. The summed E-state index contributed by atoms with van der Waals surface area (Å²) in [5, 5.41) is 0. The van der Waals surface area contributed by atoms with Crippen molar-refractivity contribution < 1.29 is 4.79 Å². The van der Waals surface area contributed by atoms with Gasteiger partial charge in [0.25, 0.3) is 0 Å². The van der Waals surface area contributed by atoms with Crippen LogP contribution in [0.25, 0.3) is 0 Å². The van der Waals surface area contributed by atoms with Crippen LogP contribution in [0, 0.1) is 0 Å². The summed E-state index contributed by atoms with van der Waals surface area (Å²) < 4.78 is 0. The van der Waals surface area contributed by atoms with E-state index in [-0.39, 0.29) is 11.9 Å². The van der Waals surface area contributed by atoms with Crippen LogP contribution in [-0.4, -0.2) is 54.5 Å². The molecule has 1 saturated heterocycles. The van der Waals surface area contributed by atoms with Gasteiger partial charge in [0.1, 0.15) is 0 Å². The highest BCUT2D eigenvalue weighted by Gasteiger charge is 2.27. The molecule has 0 aromatic rings. The minimum absolute atomic E-state index is 0.127. The largest absolute Gasteiger partial charge is 0.341 e. The zero-order valence-corrected chi connectivity index (χ0v) is 10.1. The summed E-state index contributed by atoms with van der Waals surface area (Å²) in [6.45, 7) is 7.08. The Bertz CT molecular complexity index is 218. The maximum atomic E-state index is 11.5. The van der Waals surface area contributed by atoms with E-state index in [1.54, 1.807) is 0 Å². The fourth-order valence-corrected chi connectivity index (χ4v) is 1.75. The van der Waals surface area contributed by atoms with Gasteiger partial charge < -0.3 is 15.5 Å². The molecular weight excluding hydrogens is 190 g/mol. The lowest BCUT2D eigenvalue weighted by molar-refractivity contribution is -0.128. The predicted molar refractivity (Wildman–Crippen MR) is 61.6 cm³/mol. The molecule has 2 N–H and O–H groups in total. The first-order valence-electron chi connectivity index (χ1n) is 5.77. The number of carbonyl (C=O) groups is 1. The summed E-state index contributed by atoms with van der Waals surface area (Å²) in [4.78, 5) is 15.7. The van der Waals surface area contributed by atoms with Gasteiger partial charge in [0.15, 0.2) is 0 Å². The Kier molecular flexibility index (Phi) is 4.54. The molecule has 1 rings (SSSR count). The van der Waals surface area contributed by atoms with Crippen LogP contribution in [0.1, 0.15) is 26.7 Å². The summed E-state index contributed by atoms with van der Waals surface area (Å²) in [7, 11) is 2.11. The number of carbonyl (C=O) groups excluding carboxylic acids is 1. The van der Waals surface area contributed by atoms with Gasteiger partial charge in [-0.2, -0.15) is 0 Å². The van der Waals surface area contributed by atoms with Crippen LogP contribution in [0.2, 0.25) is 0 Å². The van der Waals surface area contributed by atoms with Crippen LogP contribution in [0.15, 0.2) is 0 Å². The minimum Gasteiger partial charge on any atom is -0.341 e. The second-order valence-corrected chi connectivity index (χ2v) is 4.65. The van der Waals surface area contributed by atoms with Gasteiger partial charge in [-0.1, -0.05) is 0 Å². The van der Waals surface area contributed by atoms with Gasteiger partial charge in [-0.05, 0) is 40.3 Å². The number of rotatable bonds is 5. The lowest BCUT2D eigenvalue weighted by atomic mass is 10.3. The number of hydrogen-bond acceptors (Lipinski definition) is 3. The first-order chi connectivity index (χ1) is 7.02. The third-order valence-electron chi connectivity index (χ3n) is 3.16. The van der Waals surface area contributed by atoms with E-state index >= 15 is 0 Å². The maximum absolute atomic E-state index is 11.5. The minimum atomic E-state index is -0.243. The summed E-state index contributed by atoms with van der Waals surface area (Å²) in [6, 6.07) is 0.328. The Morgan fingerprint density at radius 2 is 2.27 bits per heavy atom. The van der Waals surface area contributed by atoms with Crippen molar-refractivity contribution in [2.24, 2.45) is 5.73 Å². The molecule has 0 radical (unpaired) electrons. The lowest BCUT2D eigenvalue weighted by Gasteiger charge is -2.22. The molecule has 1 unspecified atom stereocenters. The Balaban J connectivity index is 2.18. The summed E-state index contributed by atoms with van der Waals surface area (Å²) in [6.07, 6.45) is 1.85. The molecule has 4 nitrogen and oxygen atoms in total. The third kappa shape index (κ3) is 3.47. The molecule has 1 fully saturated rings. The molecule has 0 bridgehead atoms. The van der Waals surface area contributed by atoms with Gasteiger partial charge in [0, 0.05) is 19.1 Å². The Labute approximate surface area is 92.4 Å². The molecular formula is C11H23N3O. The van der Waals surface area contributed by atoms with E-state index in [0.29, 0.717) is 6.04 Å². The average molecular weight is 213 g/mol. The molecule has 0 aromatic heterocycles. The highest BCUT2D eigenvalue weighted by atomic mass is 16.2. The quantitative estimate of drug-likeness (QED) is 0.713. The SMILES string of the molecule is CC(C)N(C)CCCN1CCC(N)C1=O. The highest BCUT2D eigenvalue weighted by molar-refractivity contribution is 5.83. The lowest BCUT2D eigenvalue weighted by Crippen LogP contribution is -2.36. The molecule has 0 saturated carbocycles. The maximum Gasteiger partial charge on any atom is 0.239 e. The number of hydrogen-bond donors (Lipinski definition) is 1. The van der Waals surface area contributed by atoms with Crippen LogP contribution < -0.4 is 5.73 Å². The van der Waals surface area contributed by atoms with Gasteiger partial charge in [-0.3, -0.25) is 4.79 Å². The molecule has 15 heavy (non-hydrogen) atoms. The molecule has 0 aliphatic carbocycles. The van der Waals surface area contributed by atoms with Crippen LogP contribution in [0.4, 0.5) is 0 Å². The van der Waals surface area contributed by atoms with Crippen molar-refractivity contribution in [1.29, 1.82) is 0 Å². The van der Waals surface area contributed by atoms with Gasteiger partial charge in [-0.15, -0.1) is 0 Å². The Morgan fingerprint density at radius 1 is 1.60 bits per heavy atom. The van der Waals surface area contributed by atoms with E-state index in [4.69, 9.17) is 5.73 Å². The standard InChI is InChI=1S/C11H23N3O/c1-9(2)13(3)6-4-7-14-8-5-10(12)11(14)15/h9-10H,4-8,12H2,1-3H3. The third-order valence-corrected chi connectivity index (χ3v) is 3.16. The summed E-state index contributed by atoms with van der Waals surface area (Å²) >= 11 is 0. The Hall–Kier alpha value is -0.610. The molecule has 1 heterocycles. The van der Waals surface area contributed by atoms with Gasteiger partial charge >= 0.3 is 0 Å². The first kappa shape index (κ1) is 12.5. The molecule has 1 atom stereocenters. The number of nitrogens with zero attached hydrogens (tertiary/aromatic N) is 2. The monoisotopic (exact) mass is 213 g/mol. The number of amides is 1. The van der Waals surface area contributed by atoms with Crippen molar-refractivity contribution >= 4 is 5.91 Å². The molecule has 4 heteroatoms. The molecule has 88 valence electrons. The van der Waals surface area contributed by atoms with Crippen molar-refractivity contribution in [3.05, 3.63) is 0 Å². The fraction of sp³-hybridized carbons (Fsp3) is 0.909. The molecule has 0 spiro atoms. The second-order valence-electron chi connectivity index (χ2n) is 4.65. The van der Waals surface area contributed by atoms with E-state index in [9.17, 15) is 4.79 Å². The molecule has 1 amide bonds. The van der Waals surface area contributed by atoms with E-state index < -0.39 is 0 Å². The van der Waals surface area contributed by atoms with Crippen molar-refractivity contribution in [2.45, 2.75) is 38.8 Å². The second kappa shape index (κ2) is 5.47. The van der Waals surface area contributed by atoms with Crippen molar-refractivity contribution in [3.8, 4) is 0 Å². The van der Waals surface area contributed by atoms with Crippen LogP contribution in [0.3, 0.4) is 0 Å². The van der Waals surface area contributed by atoms with E-state index in [0.717, 1.165) is 32.5 Å². The van der Waals surface area contributed by atoms with Gasteiger partial charge in [0.2, 0.25) is 5.91 Å². The van der Waals surface area contributed by atoms with E-state index in [1.807, 2.05) is 4.90 Å². The van der Waals surface area contributed by atoms with Gasteiger partial charge in [-0.25, -0.2) is 0 Å². The topological polar surface area (TPSA) is 49.6 Å². The summed E-state index contributed by atoms with van der Waals surface area (Å²) in [5.74, 6) is 0.127. The van der Waals surface area contributed by atoms with Crippen LogP contribution in [-0.2, 0) is 4.79 Å². The van der Waals surface area contributed by atoms with E-state index in [1.165, 1.54) is 0 Å². The molecule has 1 aliphatic rings. The van der Waals surface area contributed by atoms with Crippen molar-refractivity contribution in [3.63, 3.8) is 0 Å².